The molecule has 28 heavy (non-hydrogen) atoms. The van der Waals surface area contributed by atoms with Crippen LogP contribution in [0.5, 0.6) is 0 Å². The first-order valence-electron chi connectivity index (χ1n) is 8.52. The van der Waals surface area contributed by atoms with E-state index in [4.69, 9.17) is 16.3 Å². The highest BCUT2D eigenvalue weighted by Crippen LogP contribution is 2.22. The maximum Gasteiger partial charge on any atom is 0.331 e. The third-order valence-electron chi connectivity index (χ3n) is 3.97. The number of nitrogens with zero attached hydrogens (tertiary/aromatic N) is 4. The molecule has 1 N–H and O–H groups in total. The lowest BCUT2D eigenvalue weighted by Gasteiger charge is -2.15. The monoisotopic (exact) mass is 399 g/mol. The lowest BCUT2D eigenvalue weighted by atomic mass is 10.1. The van der Waals surface area contributed by atoms with Crippen LogP contribution in [0.4, 0.5) is 5.69 Å². The van der Waals surface area contributed by atoms with Gasteiger partial charge in [0.1, 0.15) is 6.33 Å². The largest absolute Gasteiger partial charge is 0.454 e. The average Bonchev–Trinajstić information content (AvgIpc) is 3.22. The zero-order valence-electron chi connectivity index (χ0n) is 15.1. The predicted octanol–water partition coefficient (Wildman–Crippen LogP) is 2.60. The zero-order valence-corrected chi connectivity index (χ0v) is 15.8. The van der Waals surface area contributed by atoms with Gasteiger partial charge >= 0.3 is 5.97 Å². The van der Waals surface area contributed by atoms with Crippen LogP contribution < -0.4 is 5.32 Å². The zero-order chi connectivity index (χ0) is 19.9. The van der Waals surface area contributed by atoms with Crippen molar-refractivity contribution in [3.8, 4) is 0 Å². The van der Waals surface area contributed by atoms with Gasteiger partial charge in [0.15, 0.2) is 12.6 Å². The SMILES string of the molecule is Cc1ccc(NC(=O)COC(=O)[C@H](Cc2ccccc2)n2cnnn2)c(Cl)c1. The standard InChI is InChI=1S/C19H18ClN5O3/c1-13-7-8-16(15(20)9-13)22-18(26)11-28-19(27)17(25-12-21-23-24-25)10-14-5-3-2-4-6-14/h2-9,12,17H,10-11H2,1H3,(H,22,26)/t17-/m0/s1. The number of carbonyl (C=O) groups excluding carboxylic acids is 2. The van der Waals surface area contributed by atoms with Crippen LogP contribution in [0.3, 0.4) is 0 Å². The lowest BCUT2D eigenvalue weighted by molar-refractivity contribution is -0.151. The quantitative estimate of drug-likeness (QED) is 0.613. The maximum absolute atomic E-state index is 12.6. The summed E-state index contributed by atoms with van der Waals surface area (Å²) < 4.78 is 6.50. The van der Waals surface area contributed by atoms with E-state index >= 15 is 0 Å². The minimum absolute atomic E-state index is 0.329. The van der Waals surface area contributed by atoms with E-state index in [1.165, 1.54) is 11.0 Å². The number of halogens is 1. The lowest BCUT2D eigenvalue weighted by Crippen LogP contribution is -2.28. The fraction of sp³-hybridized carbons (Fsp3) is 0.211. The molecule has 0 bridgehead atoms. The third kappa shape index (κ3) is 5.14. The summed E-state index contributed by atoms with van der Waals surface area (Å²) in [5.41, 5.74) is 2.34. The summed E-state index contributed by atoms with van der Waals surface area (Å²) in [6, 6.07) is 13.9. The van der Waals surface area contributed by atoms with Gasteiger partial charge in [-0.25, -0.2) is 9.48 Å². The number of aryl methyl sites for hydroxylation is 1. The first-order valence-corrected chi connectivity index (χ1v) is 8.90. The molecule has 0 unspecified atom stereocenters. The van der Waals surface area contributed by atoms with Gasteiger partial charge in [0.25, 0.3) is 5.91 Å². The summed E-state index contributed by atoms with van der Waals surface area (Å²) in [5, 5.41) is 13.9. The molecule has 9 heteroatoms. The molecule has 0 fully saturated rings. The van der Waals surface area contributed by atoms with Crippen LogP contribution in [0, 0.1) is 6.92 Å². The van der Waals surface area contributed by atoms with Crippen LogP contribution in [-0.2, 0) is 20.7 Å². The van der Waals surface area contributed by atoms with E-state index in [-0.39, 0.29) is 0 Å². The molecule has 1 amide bonds. The number of hydrogen-bond donors (Lipinski definition) is 1. The van der Waals surface area contributed by atoms with Crippen LogP contribution in [0.15, 0.2) is 54.9 Å². The van der Waals surface area contributed by atoms with Crippen LogP contribution in [-0.4, -0.2) is 38.7 Å². The fourth-order valence-corrected chi connectivity index (χ4v) is 2.86. The molecule has 0 saturated carbocycles. The molecule has 0 spiro atoms. The summed E-state index contributed by atoms with van der Waals surface area (Å²) in [7, 11) is 0. The van der Waals surface area contributed by atoms with Gasteiger partial charge in [0.2, 0.25) is 0 Å². The van der Waals surface area contributed by atoms with Crippen LogP contribution >= 0.6 is 11.6 Å². The molecular weight excluding hydrogens is 382 g/mol. The second kappa shape index (κ2) is 9.09. The van der Waals surface area contributed by atoms with Crippen molar-refractivity contribution in [1.82, 2.24) is 20.2 Å². The molecule has 1 atom stereocenters. The van der Waals surface area contributed by atoms with Crippen molar-refractivity contribution >= 4 is 29.2 Å². The third-order valence-corrected chi connectivity index (χ3v) is 4.29. The molecule has 0 aliphatic heterocycles. The molecule has 3 rings (SSSR count). The molecular formula is C19H18ClN5O3. The van der Waals surface area contributed by atoms with Crippen molar-refractivity contribution in [3.05, 3.63) is 71.0 Å². The predicted molar refractivity (Wildman–Crippen MR) is 103 cm³/mol. The van der Waals surface area contributed by atoms with Gasteiger partial charge in [-0.2, -0.15) is 0 Å². The second-order valence-electron chi connectivity index (χ2n) is 6.13. The van der Waals surface area contributed by atoms with Crippen molar-refractivity contribution in [3.63, 3.8) is 0 Å². The van der Waals surface area contributed by atoms with E-state index in [0.29, 0.717) is 17.1 Å². The minimum Gasteiger partial charge on any atom is -0.454 e. The minimum atomic E-state index is -0.784. The molecule has 144 valence electrons. The highest BCUT2D eigenvalue weighted by molar-refractivity contribution is 6.33. The molecule has 0 aliphatic carbocycles. The summed E-state index contributed by atoms with van der Waals surface area (Å²) in [6.07, 6.45) is 1.66. The van der Waals surface area contributed by atoms with Gasteiger partial charge in [-0.1, -0.05) is 48.0 Å². The number of anilines is 1. The molecule has 3 aromatic rings. The summed E-state index contributed by atoms with van der Waals surface area (Å²) in [5.74, 6) is -1.10. The maximum atomic E-state index is 12.6. The summed E-state index contributed by atoms with van der Waals surface area (Å²) in [4.78, 5) is 24.7. The Bertz CT molecular complexity index is 947. The van der Waals surface area contributed by atoms with Crippen molar-refractivity contribution in [2.45, 2.75) is 19.4 Å². The molecule has 0 saturated heterocycles. The Kier molecular flexibility index (Phi) is 6.33. The molecule has 2 aromatic carbocycles. The number of rotatable bonds is 7. The Labute approximate surface area is 166 Å². The topological polar surface area (TPSA) is 99.0 Å². The Hall–Kier alpha value is -3.26. The normalized spacial score (nSPS) is 11.6. The van der Waals surface area contributed by atoms with E-state index in [9.17, 15) is 9.59 Å². The Morgan fingerprint density at radius 2 is 2.00 bits per heavy atom. The average molecular weight is 400 g/mol. The van der Waals surface area contributed by atoms with E-state index in [1.54, 1.807) is 12.1 Å². The van der Waals surface area contributed by atoms with Crippen LogP contribution in [0.25, 0.3) is 0 Å². The molecule has 0 aliphatic rings. The number of aromatic nitrogens is 4. The number of hydrogen-bond acceptors (Lipinski definition) is 6. The molecule has 1 heterocycles. The van der Waals surface area contributed by atoms with E-state index in [1.807, 2.05) is 43.3 Å². The van der Waals surface area contributed by atoms with Crippen molar-refractivity contribution in [2.24, 2.45) is 0 Å². The Balaban J connectivity index is 1.62. The number of ether oxygens (including phenoxy) is 1. The smallest absolute Gasteiger partial charge is 0.331 e. The number of carbonyl (C=O) groups is 2. The first-order chi connectivity index (χ1) is 13.5. The van der Waals surface area contributed by atoms with Crippen LogP contribution in [0.1, 0.15) is 17.2 Å². The number of esters is 1. The van der Waals surface area contributed by atoms with Gasteiger partial charge in [0, 0.05) is 6.42 Å². The fourth-order valence-electron chi connectivity index (χ4n) is 2.57. The van der Waals surface area contributed by atoms with Gasteiger partial charge < -0.3 is 10.1 Å². The molecule has 8 nitrogen and oxygen atoms in total. The van der Waals surface area contributed by atoms with E-state index in [2.05, 4.69) is 20.8 Å². The Morgan fingerprint density at radius 1 is 1.21 bits per heavy atom. The van der Waals surface area contributed by atoms with E-state index in [0.717, 1.165) is 11.1 Å². The highest BCUT2D eigenvalue weighted by Gasteiger charge is 2.24. The summed E-state index contributed by atoms with van der Waals surface area (Å²) in [6.45, 7) is 1.45. The highest BCUT2D eigenvalue weighted by atomic mass is 35.5. The van der Waals surface area contributed by atoms with Crippen molar-refractivity contribution in [2.75, 3.05) is 11.9 Å². The van der Waals surface area contributed by atoms with E-state index < -0.39 is 24.5 Å². The van der Waals surface area contributed by atoms with Gasteiger partial charge in [-0.3, -0.25) is 4.79 Å². The number of nitrogens with one attached hydrogen (secondary N) is 1. The second-order valence-corrected chi connectivity index (χ2v) is 6.54. The van der Waals surface area contributed by atoms with Crippen molar-refractivity contribution in [1.29, 1.82) is 0 Å². The van der Waals surface area contributed by atoms with Gasteiger partial charge in [-0.15, -0.1) is 5.10 Å². The number of amides is 1. The first kappa shape index (κ1) is 19.5. The Morgan fingerprint density at radius 3 is 2.68 bits per heavy atom. The number of benzene rings is 2. The van der Waals surface area contributed by atoms with Crippen molar-refractivity contribution < 1.29 is 14.3 Å². The molecule has 0 radical (unpaired) electrons. The van der Waals surface area contributed by atoms with Crippen LogP contribution in [0.2, 0.25) is 5.02 Å². The van der Waals surface area contributed by atoms with Gasteiger partial charge in [0.05, 0.1) is 10.7 Å². The summed E-state index contributed by atoms with van der Waals surface area (Å²) >= 11 is 6.10. The molecule has 1 aromatic heterocycles. The van der Waals surface area contributed by atoms with Gasteiger partial charge in [-0.05, 0) is 40.6 Å². The number of tetrazole rings is 1.